The maximum atomic E-state index is 14.3. The molecule has 0 heterocycles. The second-order valence-corrected chi connectivity index (χ2v) is 7.36. The Balaban J connectivity index is 1.93. The van der Waals surface area contributed by atoms with Crippen LogP contribution in [0.25, 0.3) is 33.4 Å². The lowest BCUT2D eigenvalue weighted by Crippen LogP contribution is -1.93. The minimum Gasteiger partial charge on any atom is -0.298 e. The highest BCUT2D eigenvalue weighted by Gasteiger charge is 2.12. The van der Waals surface area contributed by atoms with Crippen molar-refractivity contribution in [2.75, 3.05) is 0 Å². The third kappa shape index (κ3) is 4.36. The van der Waals surface area contributed by atoms with Crippen molar-refractivity contribution in [1.29, 1.82) is 0 Å². The zero-order valence-electron chi connectivity index (χ0n) is 17.0. The van der Waals surface area contributed by atoms with Gasteiger partial charge < -0.3 is 0 Å². The predicted octanol–water partition coefficient (Wildman–Crippen LogP) is 6.54. The van der Waals surface area contributed by atoms with Crippen molar-refractivity contribution >= 4 is 18.9 Å². The van der Waals surface area contributed by atoms with Crippen molar-refractivity contribution < 1.29 is 27.6 Å². The summed E-state index contributed by atoms with van der Waals surface area (Å²) >= 11 is 0. The Bertz CT molecular complexity index is 1230. The van der Waals surface area contributed by atoms with Gasteiger partial charge in [0.1, 0.15) is 17.5 Å². The summed E-state index contributed by atoms with van der Waals surface area (Å²) in [6, 6.07) is 17.5. The van der Waals surface area contributed by atoms with Crippen molar-refractivity contribution in [1.82, 2.24) is 0 Å². The van der Waals surface area contributed by atoms with E-state index in [1.807, 2.05) is 0 Å². The lowest BCUT2D eigenvalue weighted by molar-refractivity contribution is 0.111. The monoisotopic (exact) mass is 444 g/mol. The number of carbonyl (C=O) groups excluding carboxylic acids is 3. The fraction of sp³-hybridized carbons (Fsp3) is 0. The van der Waals surface area contributed by atoms with E-state index >= 15 is 0 Å². The van der Waals surface area contributed by atoms with Crippen LogP contribution in [-0.4, -0.2) is 18.9 Å². The van der Waals surface area contributed by atoms with Crippen LogP contribution >= 0.6 is 0 Å². The third-order valence-corrected chi connectivity index (χ3v) is 5.32. The van der Waals surface area contributed by atoms with Gasteiger partial charge in [-0.25, -0.2) is 13.2 Å². The van der Waals surface area contributed by atoms with Gasteiger partial charge in [-0.3, -0.25) is 14.4 Å². The smallest absolute Gasteiger partial charge is 0.152 e. The number of hydrogen-bond donors (Lipinski definition) is 0. The van der Waals surface area contributed by atoms with Crippen LogP contribution in [0.4, 0.5) is 13.2 Å². The van der Waals surface area contributed by atoms with E-state index in [1.54, 1.807) is 36.4 Å². The summed E-state index contributed by atoms with van der Waals surface area (Å²) < 4.78 is 42.8. The Morgan fingerprint density at radius 2 is 0.667 bits per heavy atom. The third-order valence-electron chi connectivity index (χ3n) is 5.32. The second-order valence-electron chi connectivity index (χ2n) is 7.36. The van der Waals surface area contributed by atoms with E-state index in [2.05, 4.69) is 0 Å². The first-order valence-corrected chi connectivity index (χ1v) is 9.84. The SMILES string of the molecule is O=Cc1ccc(-c2cc(-c3ccc(C=O)c(F)c3)cc(-c3ccc(C=O)c(F)c3)c2)cc1F. The molecule has 0 aromatic heterocycles. The largest absolute Gasteiger partial charge is 0.298 e. The van der Waals surface area contributed by atoms with Gasteiger partial charge in [-0.2, -0.15) is 0 Å². The molecule has 0 amide bonds. The van der Waals surface area contributed by atoms with Crippen LogP contribution in [-0.2, 0) is 0 Å². The van der Waals surface area contributed by atoms with E-state index in [-0.39, 0.29) is 16.7 Å². The quantitative estimate of drug-likeness (QED) is 0.317. The van der Waals surface area contributed by atoms with Gasteiger partial charge in [0.05, 0.1) is 16.7 Å². The molecule has 0 radical (unpaired) electrons. The summed E-state index contributed by atoms with van der Waals surface area (Å²) in [5, 5.41) is 0. The van der Waals surface area contributed by atoms with Crippen LogP contribution in [0.1, 0.15) is 31.1 Å². The first kappa shape index (κ1) is 21.9. The molecule has 4 rings (SSSR count). The van der Waals surface area contributed by atoms with Crippen molar-refractivity contribution in [2.24, 2.45) is 0 Å². The van der Waals surface area contributed by atoms with E-state index in [1.165, 1.54) is 36.4 Å². The molecule has 6 heteroatoms. The molecule has 3 nitrogen and oxygen atoms in total. The summed E-state index contributed by atoms with van der Waals surface area (Å²) in [6.45, 7) is 0. The van der Waals surface area contributed by atoms with Gasteiger partial charge in [0.25, 0.3) is 0 Å². The Kier molecular flexibility index (Phi) is 6.00. The molecule has 4 aromatic carbocycles. The van der Waals surface area contributed by atoms with E-state index in [4.69, 9.17) is 0 Å². The maximum Gasteiger partial charge on any atom is 0.152 e. The summed E-state index contributed by atoms with van der Waals surface area (Å²) in [7, 11) is 0. The molecule has 4 aromatic rings. The number of halogens is 3. The van der Waals surface area contributed by atoms with Gasteiger partial charge >= 0.3 is 0 Å². The van der Waals surface area contributed by atoms with E-state index in [0.717, 1.165) is 0 Å². The molecule has 0 atom stereocenters. The molecule has 0 aliphatic rings. The molecule has 33 heavy (non-hydrogen) atoms. The lowest BCUT2D eigenvalue weighted by atomic mass is 9.92. The average Bonchev–Trinajstić information content (AvgIpc) is 2.83. The zero-order chi connectivity index (χ0) is 23.5. The molecule has 0 unspecified atom stereocenters. The highest BCUT2D eigenvalue weighted by molar-refractivity contribution is 5.85. The standard InChI is InChI=1S/C27H15F3O3/c28-25-10-16(1-4-19(25)13-31)22-7-23(17-2-5-20(14-32)26(29)11-17)9-24(8-22)18-3-6-21(15-33)27(30)12-18/h1-15H. The fourth-order valence-corrected chi connectivity index (χ4v) is 3.53. The van der Waals surface area contributed by atoms with Gasteiger partial charge in [-0.15, -0.1) is 0 Å². The Morgan fingerprint density at radius 1 is 0.394 bits per heavy atom. The Morgan fingerprint density at radius 3 is 0.879 bits per heavy atom. The first-order chi connectivity index (χ1) is 15.9. The van der Waals surface area contributed by atoms with Crippen molar-refractivity contribution in [3.05, 3.63) is 107 Å². The first-order valence-electron chi connectivity index (χ1n) is 9.84. The van der Waals surface area contributed by atoms with Crippen LogP contribution in [0.5, 0.6) is 0 Å². The van der Waals surface area contributed by atoms with Gasteiger partial charge in [0, 0.05) is 0 Å². The summed E-state index contributed by atoms with van der Waals surface area (Å²) in [6.07, 6.45) is 1.24. The molecular formula is C27H15F3O3. The fourth-order valence-electron chi connectivity index (χ4n) is 3.53. The van der Waals surface area contributed by atoms with Crippen LogP contribution in [0.2, 0.25) is 0 Å². The number of carbonyl (C=O) groups is 3. The highest BCUT2D eigenvalue weighted by Crippen LogP contribution is 2.34. The normalized spacial score (nSPS) is 10.6. The Hall–Kier alpha value is -4.32. The van der Waals surface area contributed by atoms with Crippen LogP contribution < -0.4 is 0 Å². The van der Waals surface area contributed by atoms with Gasteiger partial charge in [-0.05, 0) is 88.0 Å². The molecule has 0 saturated heterocycles. The zero-order valence-corrected chi connectivity index (χ0v) is 17.0. The molecule has 0 N–H and O–H groups in total. The molecular weight excluding hydrogens is 429 g/mol. The van der Waals surface area contributed by atoms with Crippen molar-refractivity contribution in [3.63, 3.8) is 0 Å². The average molecular weight is 444 g/mol. The van der Waals surface area contributed by atoms with Gasteiger partial charge in [-0.1, -0.05) is 18.2 Å². The van der Waals surface area contributed by atoms with E-state index in [9.17, 15) is 27.6 Å². The minimum absolute atomic E-state index is 0.0897. The Labute approximate surface area is 187 Å². The summed E-state index contributed by atoms with van der Waals surface area (Å²) in [5.74, 6) is -2.09. The molecule has 0 saturated carbocycles. The molecule has 0 spiro atoms. The van der Waals surface area contributed by atoms with Crippen LogP contribution in [0.15, 0.2) is 72.8 Å². The maximum absolute atomic E-state index is 14.3. The predicted molar refractivity (Wildman–Crippen MR) is 119 cm³/mol. The lowest BCUT2D eigenvalue weighted by Gasteiger charge is -2.12. The number of benzene rings is 4. The van der Waals surface area contributed by atoms with Crippen LogP contribution in [0, 0.1) is 17.5 Å². The van der Waals surface area contributed by atoms with Gasteiger partial charge in [0.15, 0.2) is 18.9 Å². The molecule has 162 valence electrons. The number of aldehydes is 3. The summed E-state index contributed by atoms with van der Waals surface area (Å²) in [4.78, 5) is 32.9. The number of rotatable bonds is 6. The van der Waals surface area contributed by atoms with Gasteiger partial charge in [0.2, 0.25) is 0 Å². The molecule has 0 fully saturated rings. The van der Waals surface area contributed by atoms with Crippen molar-refractivity contribution in [3.8, 4) is 33.4 Å². The van der Waals surface area contributed by atoms with E-state index in [0.29, 0.717) is 52.2 Å². The highest BCUT2D eigenvalue weighted by atomic mass is 19.1. The van der Waals surface area contributed by atoms with Crippen molar-refractivity contribution in [2.45, 2.75) is 0 Å². The summed E-state index contributed by atoms with van der Waals surface area (Å²) in [5.41, 5.74) is 2.72. The minimum atomic E-state index is -0.697. The van der Waals surface area contributed by atoms with Crippen LogP contribution in [0.3, 0.4) is 0 Å². The second kappa shape index (κ2) is 9.04. The molecule has 0 bridgehead atoms. The van der Waals surface area contributed by atoms with E-state index < -0.39 is 17.5 Å². The number of hydrogen-bond acceptors (Lipinski definition) is 3. The molecule has 0 aliphatic heterocycles. The molecule has 0 aliphatic carbocycles. The topological polar surface area (TPSA) is 51.2 Å².